The molecule has 0 saturated carbocycles. The summed E-state index contributed by atoms with van der Waals surface area (Å²) in [6.45, 7) is 2.97. The van der Waals surface area contributed by atoms with Crippen LogP contribution < -0.4 is 10.9 Å². The van der Waals surface area contributed by atoms with Gasteiger partial charge in [-0.3, -0.25) is 4.79 Å². The van der Waals surface area contributed by atoms with Gasteiger partial charge in [-0.15, -0.1) is 0 Å². The number of hydrogen-bond acceptors (Lipinski definition) is 4. The lowest BCUT2D eigenvalue weighted by molar-refractivity contribution is -0.138. The Balaban J connectivity index is 2.27. The number of nitrogens with one attached hydrogen (secondary N) is 2. The van der Waals surface area contributed by atoms with Gasteiger partial charge < -0.3 is 10.3 Å². The molecule has 1 saturated heterocycles. The number of fused-ring (bicyclic) bond motifs is 1. The summed E-state index contributed by atoms with van der Waals surface area (Å²) in [4.78, 5) is 18.7. The number of hydrogen-bond donors (Lipinski definition) is 2. The Hall–Kier alpha value is -2.40. The van der Waals surface area contributed by atoms with Gasteiger partial charge in [-0.05, 0) is 56.8 Å². The third-order valence-electron chi connectivity index (χ3n) is 4.59. The number of halogens is 3. The molecular formula is C17H17F3N4O. The van der Waals surface area contributed by atoms with E-state index < -0.39 is 17.3 Å². The van der Waals surface area contributed by atoms with Crippen molar-refractivity contribution in [1.29, 1.82) is 5.26 Å². The third-order valence-corrected chi connectivity index (χ3v) is 4.59. The van der Waals surface area contributed by atoms with Gasteiger partial charge in [-0.25, -0.2) is 4.98 Å². The fourth-order valence-electron chi connectivity index (χ4n) is 3.43. The Labute approximate surface area is 141 Å². The van der Waals surface area contributed by atoms with E-state index in [1.165, 1.54) is 6.92 Å². The first-order valence-corrected chi connectivity index (χ1v) is 8.05. The minimum absolute atomic E-state index is 0.0457. The molecule has 1 aliphatic heterocycles. The Kier molecular flexibility index (Phi) is 4.52. The molecule has 0 aliphatic carbocycles. The smallest absolute Gasteiger partial charge is 0.317 e. The van der Waals surface area contributed by atoms with Crippen molar-refractivity contribution in [2.45, 2.75) is 32.4 Å². The summed E-state index contributed by atoms with van der Waals surface area (Å²) in [5.41, 5.74) is -1.85. The molecule has 1 aliphatic rings. The first-order valence-electron chi connectivity index (χ1n) is 8.05. The highest BCUT2D eigenvalue weighted by molar-refractivity contribution is 5.86. The maximum Gasteiger partial charge on any atom is 0.416 e. The lowest BCUT2D eigenvalue weighted by Gasteiger charge is -2.25. The van der Waals surface area contributed by atoms with Gasteiger partial charge in [0.25, 0.3) is 5.56 Å². The average molecular weight is 350 g/mol. The number of piperidine rings is 1. The molecule has 0 unspecified atom stereocenters. The lowest BCUT2D eigenvalue weighted by Crippen LogP contribution is -2.29. The molecule has 0 amide bonds. The van der Waals surface area contributed by atoms with E-state index in [0.717, 1.165) is 32.0 Å². The highest BCUT2D eigenvalue weighted by Gasteiger charge is 2.36. The largest absolute Gasteiger partial charge is 0.416 e. The minimum atomic E-state index is -4.61. The van der Waals surface area contributed by atoms with Crippen LogP contribution in [0.15, 0.2) is 10.9 Å². The average Bonchev–Trinajstić information content (AvgIpc) is 2.54. The molecule has 2 aromatic rings. The van der Waals surface area contributed by atoms with Gasteiger partial charge in [-0.2, -0.15) is 18.4 Å². The molecular weight excluding hydrogens is 333 g/mol. The van der Waals surface area contributed by atoms with Crippen molar-refractivity contribution >= 4 is 10.9 Å². The van der Waals surface area contributed by atoms with Gasteiger partial charge >= 0.3 is 6.18 Å². The molecule has 5 nitrogen and oxygen atoms in total. The Morgan fingerprint density at radius 2 is 2.04 bits per heavy atom. The van der Waals surface area contributed by atoms with Crippen LogP contribution in [0.25, 0.3) is 10.9 Å². The van der Waals surface area contributed by atoms with Crippen LogP contribution in [-0.2, 0) is 12.6 Å². The highest BCUT2D eigenvalue weighted by Crippen LogP contribution is 2.37. The number of nitriles is 1. The number of benzene rings is 1. The van der Waals surface area contributed by atoms with Crippen LogP contribution in [0, 0.1) is 24.2 Å². The van der Waals surface area contributed by atoms with Gasteiger partial charge in [0, 0.05) is 0 Å². The van der Waals surface area contributed by atoms with Gasteiger partial charge in [0.2, 0.25) is 0 Å². The second-order valence-electron chi connectivity index (χ2n) is 6.33. The van der Waals surface area contributed by atoms with Crippen molar-refractivity contribution in [2.75, 3.05) is 13.1 Å². The summed E-state index contributed by atoms with van der Waals surface area (Å²) in [5, 5.41) is 12.6. The summed E-state index contributed by atoms with van der Waals surface area (Å²) in [6.07, 6.45) is -3.01. The van der Waals surface area contributed by atoms with Crippen LogP contribution in [0.3, 0.4) is 0 Å². The normalized spacial score (nSPS) is 16.1. The number of H-pyrrole nitrogens is 1. The van der Waals surface area contributed by atoms with Gasteiger partial charge in [-0.1, -0.05) is 0 Å². The standard InChI is InChI=1S/C17H17F3N4O/c1-9-23-14-7-13(17(18,19)20)11(6-10-2-4-22-5-3-10)12(8-21)15(14)16(25)24-9/h7,10,22H,2-6H2,1H3,(H,23,24,25). The highest BCUT2D eigenvalue weighted by atomic mass is 19.4. The predicted octanol–water partition coefficient (Wildman–Crippen LogP) is 2.66. The van der Waals surface area contributed by atoms with E-state index in [1.54, 1.807) is 0 Å². The van der Waals surface area contributed by atoms with Crippen molar-refractivity contribution < 1.29 is 13.2 Å². The number of aromatic amines is 1. The molecule has 2 N–H and O–H groups in total. The van der Waals surface area contributed by atoms with Gasteiger partial charge in [0.05, 0.1) is 22.0 Å². The SMILES string of the molecule is Cc1nc2cc(C(F)(F)F)c(CC3CCNCC3)c(C#N)c2c(=O)[nH]1. The summed E-state index contributed by atoms with van der Waals surface area (Å²) in [6, 6.07) is 2.72. The molecule has 25 heavy (non-hydrogen) atoms. The summed E-state index contributed by atoms with van der Waals surface area (Å²) in [7, 11) is 0. The van der Waals surface area contributed by atoms with Crippen LogP contribution in [0.4, 0.5) is 13.2 Å². The number of nitrogens with zero attached hydrogens (tertiary/aromatic N) is 2. The molecule has 2 heterocycles. The van der Waals surface area contributed by atoms with Crippen molar-refractivity contribution in [3.05, 3.63) is 38.9 Å². The molecule has 8 heteroatoms. The van der Waals surface area contributed by atoms with Gasteiger partial charge in [0.1, 0.15) is 11.9 Å². The zero-order chi connectivity index (χ0) is 18.2. The number of aryl methyl sites for hydroxylation is 1. The maximum atomic E-state index is 13.6. The predicted molar refractivity (Wildman–Crippen MR) is 86.1 cm³/mol. The fraction of sp³-hybridized carbons (Fsp3) is 0.471. The van der Waals surface area contributed by atoms with Crippen LogP contribution >= 0.6 is 0 Å². The molecule has 3 rings (SSSR count). The molecule has 1 fully saturated rings. The fourth-order valence-corrected chi connectivity index (χ4v) is 3.43. The van der Waals surface area contributed by atoms with E-state index in [0.29, 0.717) is 0 Å². The molecule has 0 spiro atoms. The van der Waals surface area contributed by atoms with E-state index in [2.05, 4.69) is 15.3 Å². The summed E-state index contributed by atoms with van der Waals surface area (Å²) >= 11 is 0. The Bertz CT molecular complexity index is 905. The van der Waals surface area contributed by atoms with E-state index in [4.69, 9.17) is 0 Å². The van der Waals surface area contributed by atoms with Crippen LogP contribution in [-0.4, -0.2) is 23.1 Å². The summed E-state index contributed by atoms with van der Waals surface area (Å²) in [5.74, 6) is 0.255. The van der Waals surface area contributed by atoms with E-state index >= 15 is 0 Å². The zero-order valence-corrected chi connectivity index (χ0v) is 13.6. The van der Waals surface area contributed by atoms with Crippen LogP contribution in [0.1, 0.15) is 35.4 Å². The number of alkyl halides is 3. The van der Waals surface area contributed by atoms with E-state index in [1.807, 2.05) is 6.07 Å². The molecule has 0 radical (unpaired) electrons. The molecule has 1 aromatic heterocycles. The molecule has 0 bridgehead atoms. The first kappa shape index (κ1) is 17.4. The van der Waals surface area contributed by atoms with Crippen molar-refractivity contribution in [1.82, 2.24) is 15.3 Å². The van der Waals surface area contributed by atoms with Crippen molar-refractivity contribution in [2.24, 2.45) is 5.92 Å². The summed E-state index contributed by atoms with van der Waals surface area (Å²) < 4.78 is 40.8. The van der Waals surface area contributed by atoms with Crippen LogP contribution in [0.2, 0.25) is 0 Å². The number of aromatic nitrogens is 2. The van der Waals surface area contributed by atoms with E-state index in [-0.39, 0.29) is 40.2 Å². The van der Waals surface area contributed by atoms with E-state index in [9.17, 15) is 23.2 Å². The zero-order valence-electron chi connectivity index (χ0n) is 13.6. The van der Waals surface area contributed by atoms with Crippen molar-refractivity contribution in [3.8, 4) is 6.07 Å². The maximum absolute atomic E-state index is 13.6. The quantitative estimate of drug-likeness (QED) is 0.872. The van der Waals surface area contributed by atoms with Crippen LogP contribution in [0.5, 0.6) is 0 Å². The third kappa shape index (κ3) is 3.37. The Morgan fingerprint density at radius 1 is 1.36 bits per heavy atom. The molecule has 0 atom stereocenters. The van der Waals surface area contributed by atoms with Gasteiger partial charge in [0.15, 0.2) is 0 Å². The first-order chi connectivity index (χ1) is 11.8. The van der Waals surface area contributed by atoms with Crippen molar-refractivity contribution in [3.63, 3.8) is 0 Å². The topological polar surface area (TPSA) is 81.6 Å². The molecule has 1 aromatic carbocycles. The second kappa shape index (κ2) is 6.48. The number of rotatable bonds is 2. The lowest BCUT2D eigenvalue weighted by atomic mass is 9.85. The minimum Gasteiger partial charge on any atom is -0.317 e. The molecule has 132 valence electrons. The second-order valence-corrected chi connectivity index (χ2v) is 6.33. The Morgan fingerprint density at radius 3 is 2.64 bits per heavy atom. The monoisotopic (exact) mass is 350 g/mol.